The minimum atomic E-state index is -0.420. The van der Waals surface area contributed by atoms with Gasteiger partial charge in [0.2, 0.25) is 0 Å². The van der Waals surface area contributed by atoms with Gasteiger partial charge in [-0.1, -0.05) is 5.21 Å². The molecule has 3 rings (SSSR count). The van der Waals surface area contributed by atoms with E-state index >= 15 is 0 Å². The van der Waals surface area contributed by atoms with Crippen LogP contribution < -0.4 is 5.32 Å². The Kier molecular flexibility index (Phi) is 4.56. The summed E-state index contributed by atoms with van der Waals surface area (Å²) in [4.78, 5) is 23.7. The lowest BCUT2D eigenvalue weighted by molar-refractivity contribution is 0.0600. The van der Waals surface area contributed by atoms with E-state index in [9.17, 15) is 9.59 Å². The first-order valence-corrected chi connectivity index (χ1v) is 7.56. The minimum absolute atomic E-state index is 0.243. The Balaban J connectivity index is 1.71. The number of carbonyl (C=O) groups excluding carboxylic acids is 2. The molecule has 0 fully saturated rings. The number of ether oxygens (including phenoxy) is 1. The van der Waals surface area contributed by atoms with Crippen molar-refractivity contribution in [1.82, 2.24) is 15.0 Å². The van der Waals surface area contributed by atoms with Gasteiger partial charge >= 0.3 is 5.97 Å². The van der Waals surface area contributed by atoms with E-state index in [0.717, 1.165) is 11.4 Å². The zero-order chi connectivity index (χ0) is 17.8. The summed E-state index contributed by atoms with van der Waals surface area (Å²) in [5.74, 6) is -0.662. The summed E-state index contributed by atoms with van der Waals surface area (Å²) in [7, 11) is 1.32. The molecule has 2 aromatic carbocycles. The van der Waals surface area contributed by atoms with Gasteiger partial charge in [0, 0.05) is 11.3 Å². The number of benzene rings is 2. The molecule has 0 aliphatic carbocycles. The van der Waals surface area contributed by atoms with Gasteiger partial charge in [-0.25, -0.2) is 9.48 Å². The van der Waals surface area contributed by atoms with Crippen molar-refractivity contribution in [3.05, 3.63) is 71.5 Å². The van der Waals surface area contributed by atoms with Crippen molar-refractivity contribution in [3.63, 3.8) is 0 Å². The molecule has 1 aromatic heterocycles. The third kappa shape index (κ3) is 3.55. The van der Waals surface area contributed by atoms with Crippen molar-refractivity contribution >= 4 is 17.6 Å². The molecular formula is C18H16N4O3. The normalized spacial score (nSPS) is 10.3. The van der Waals surface area contributed by atoms with Crippen molar-refractivity contribution in [1.29, 1.82) is 0 Å². The Bertz CT molecular complexity index is 899. The average molecular weight is 336 g/mol. The number of aryl methyl sites for hydroxylation is 1. The third-order valence-corrected chi connectivity index (χ3v) is 3.66. The number of methoxy groups -OCH3 is 1. The Labute approximate surface area is 144 Å². The van der Waals surface area contributed by atoms with Gasteiger partial charge < -0.3 is 10.1 Å². The van der Waals surface area contributed by atoms with Crippen LogP contribution in [-0.2, 0) is 4.74 Å². The second-order valence-corrected chi connectivity index (χ2v) is 5.36. The maximum absolute atomic E-state index is 12.3. The van der Waals surface area contributed by atoms with Gasteiger partial charge in [0.15, 0.2) is 0 Å². The number of esters is 1. The summed E-state index contributed by atoms with van der Waals surface area (Å²) in [6, 6.07) is 13.5. The van der Waals surface area contributed by atoms with Crippen molar-refractivity contribution < 1.29 is 14.3 Å². The largest absolute Gasteiger partial charge is 0.465 e. The zero-order valence-electron chi connectivity index (χ0n) is 13.8. The first-order valence-electron chi connectivity index (χ1n) is 7.56. The van der Waals surface area contributed by atoms with Crippen LogP contribution in [0.3, 0.4) is 0 Å². The van der Waals surface area contributed by atoms with Crippen LogP contribution in [-0.4, -0.2) is 34.0 Å². The minimum Gasteiger partial charge on any atom is -0.465 e. The van der Waals surface area contributed by atoms with Gasteiger partial charge in [-0.05, 0) is 55.5 Å². The molecule has 0 saturated carbocycles. The second kappa shape index (κ2) is 6.96. The second-order valence-electron chi connectivity index (χ2n) is 5.36. The SMILES string of the molecule is COC(=O)c1ccc(NC(=O)c2ccc(-n3nncc3C)cc2)cc1. The number of carbonyl (C=O) groups is 2. The van der Waals surface area contributed by atoms with Crippen molar-refractivity contribution in [2.75, 3.05) is 12.4 Å². The lowest BCUT2D eigenvalue weighted by atomic mass is 10.1. The van der Waals surface area contributed by atoms with Gasteiger partial charge in [-0.2, -0.15) is 0 Å². The molecule has 1 heterocycles. The number of anilines is 1. The summed E-state index contributed by atoms with van der Waals surface area (Å²) >= 11 is 0. The van der Waals surface area contributed by atoms with E-state index in [2.05, 4.69) is 20.4 Å². The maximum atomic E-state index is 12.3. The van der Waals surface area contributed by atoms with E-state index in [-0.39, 0.29) is 5.91 Å². The molecule has 7 heteroatoms. The highest BCUT2D eigenvalue weighted by atomic mass is 16.5. The quantitative estimate of drug-likeness (QED) is 0.740. The Morgan fingerprint density at radius 1 is 1.00 bits per heavy atom. The van der Waals surface area contributed by atoms with E-state index < -0.39 is 5.97 Å². The highest BCUT2D eigenvalue weighted by molar-refractivity contribution is 6.04. The Morgan fingerprint density at radius 2 is 1.64 bits per heavy atom. The first-order chi connectivity index (χ1) is 12.1. The smallest absolute Gasteiger partial charge is 0.337 e. The van der Waals surface area contributed by atoms with Crippen LogP contribution in [0.4, 0.5) is 5.69 Å². The molecule has 0 aliphatic heterocycles. The number of rotatable bonds is 4. The van der Waals surface area contributed by atoms with Gasteiger partial charge in [0.1, 0.15) is 0 Å². The van der Waals surface area contributed by atoms with Gasteiger partial charge in [0.25, 0.3) is 5.91 Å². The zero-order valence-corrected chi connectivity index (χ0v) is 13.8. The van der Waals surface area contributed by atoms with Crippen LogP contribution in [0.15, 0.2) is 54.7 Å². The highest BCUT2D eigenvalue weighted by Gasteiger charge is 2.09. The molecule has 3 aromatic rings. The van der Waals surface area contributed by atoms with Crippen LogP contribution in [0.5, 0.6) is 0 Å². The van der Waals surface area contributed by atoms with Crippen LogP contribution >= 0.6 is 0 Å². The molecule has 25 heavy (non-hydrogen) atoms. The fraction of sp³-hybridized carbons (Fsp3) is 0.111. The molecule has 0 aliphatic rings. The standard InChI is InChI=1S/C18H16N4O3/c1-12-11-19-21-22(12)16-9-5-13(6-10-16)17(23)20-15-7-3-14(4-8-15)18(24)25-2/h3-11H,1-2H3,(H,20,23). The number of hydrogen-bond donors (Lipinski definition) is 1. The average Bonchev–Trinajstić information content (AvgIpc) is 3.07. The van der Waals surface area contributed by atoms with Crippen LogP contribution in [0.2, 0.25) is 0 Å². The molecule has 0 atom stereocenters. The van der Waals surface area contributed by atoms with Crippen molar-refractivity contribution in [3.8, 4) is 5.69 Å². The van der Waals surface area contributed by atoms with E-state index in [1.54, 1.807) is 59.4 Å². The van der Waals surface area contributed by atoms with Gasteiger partial charge in [-0.15, -0.1) is 5.10 Å². The Hall–Kier alpha value is -3.48. The molecule has 0 radical (unpaired) electrons. The van der Waals surface area contributed by atoms with Gasteiger partial charge in [-0.3, -0.25) is 4.79 Å². The molecule has 1 N–H and O–H groups in total. The highest BCUT2D eigenvalue weighted by Crippen LogP contribution is 2.14. The number of nitrogens with one attached hydrogen (secondary N) is 1. The summed E-state index contributed by atoms with van der Waals surface area (Å²) in [5, 5.41) is 10.6. The maximum Gasteiger partial charge on any atom is 0.337 e. The monoisotopic (exact) mass is 336 g/mol. The summed E-state index contributed by atoms with van der Waals surface area (Å²) in [6.07, 6.45) is 1.67. The number of amides is 1. The van der Waals surface area contributed by atoms with Crippen molar-refractivity contribution in [2.45, 2.75) is 6.92 Å². The third-order valence-electron chi connectivity index (χ3n) is 3.66. The van der Waals surface area contributed by atoms with E-state index in [0.29, 0.717) is 16.8 Å². The van der Waals surface area contributed by atoms with E-state index in [4.69, 9.17) is 0 Å². The molecular weight excluding hydrogens is 320 g/mol. The topological polar surface area (TPSA) is 86.1 Å². The number of aromatic nitrogens is 3. The lowest BCUT2D eigenvalue weighted by Gasteiger charge is -2.07. The van der Waals surface area contributed by atoms with Crippen LogP contribution in [0, 0.1) is 6.92 Å². The fourth-order valence-corrected chi connectivity index (χ4v) is 2.31. The number of nitrogens with zero attached hydrogens (tertiary/aromatic N) is 3. The molecule has 7 nitrogen and oxygen atoms in total. The molecule has 0 bridgehead atoms. The predicted molar refractivity (Wildman–Crippen MR) is 91.8 cm³/mol. The summed E-state index contributed by atoms with van der Waals surface area (Å²) < 4.78 is 6.33. The Morgan fingerprint density at radius 3 is 2.20 bits per heavy atom. The van der Waals surface area contributed by atoms with E-state index in [1.165, 1.54) is 7.11 Å². The predicted octanol–water partition coefficient (Wildman–Crippen LogP) is 2.61. The summed E-state index contributed by atoms with van der Waals surface area (Å²) in [6.45, 7) is 1.90. The van der Waals surface area contributed by atoms with Crippen LogP contribution in [0.25, 0.3) is 5.69 Å². The number of hydrogen-bond acceptors (Lipinski definition) is 5. The lowest BCUT2D eigenvalue weighted by Crippen LogP contribution is -2.12. The van der Waals surface area contributed by atoms with Gasteiger partial charge in [0.05, 0.1) is 30.3 Å². The van der Waals surface area contributed by atoms with Crippen LogP contribution in [0.1, 0.15) is 26.4 Å². The molecule has 0 unspecified atom stereocenters. The first kappa shape index (κ1) is 16.4. The van der Waals surface area contributed by atoms with Crippen molar-refractivity contribution in [2.24, 2.45) is 0 Å². The molecule has 1 amide bonds. The van der Waals surface area contributed by atoms with E-state index in [1.807, 2.05) is 6.92 Å². The molecule has 0 spiro atoms. The fourth-order valence-electron chi connectivity index (χ4n) is 2.31. The summed E-state index contributed by atoms with van der Waals surface area (Å²) in [5.41, 5.74) is 3.26. The molecule has 0 saturated heterocycles. The molecule has 126 valence electrons.